The molecule has 0 unspecified atom stereocenters. The average molecular weight is 411 g/mol. The second-order valence-corrected chi connectivity index (χ2v) is 7.27. The van der Waals surface area contributed by atoms with Gasteiger partial charge in [0.1, 0.15) is 13.2 Å². The van der Waals surface area contributed by atoms with Crippen LogP contribution in [0.5, 0.6) is 0 Å². The zero-order valence-corrected chi connectivity index (χ0v) is 17.0. The van der Waals surface area contributed by atoms with Gasteiger partial charge in [-0.15, -0.1) is 24.8 Å². The molecule has 6 nitrogen and oxygen atoms in total. The summed E-state index contributed by atoms with van der Waals surface area (Å²) >= 11 is 0. The molecule has 0 atom stereocenters. The molecule has 8 heteroatoms. The summed E-state index contributed by atoms with van der Waals surface area (Å²) < 4.78 is 10.7. The topological polar surface area (TPSA) is 59.1 Å². The van der Waals surface area contributed by atoms with Crippen molar-refractivity contribution >= 4 is 36.8 Å². The van der Waals surface area contributed by atoms with Crippen molar-refractivity contribution < 1.29 is 19.1 Å². The van der Waals surface area contributed by atoms with Gasteiger partial charge in [-0.2, -0.15) is 0 Å². The van der Waals surface area contributed by atoms with Gasteiger partial charge >= 0.3 is 11.9 Å². The molecule has 26 heavy (non-hydrogen) atoms. The zero-order valence-electron chi connectivity index (χ0n) is 15.4. The highest BCUT2D eigenvalue weighted by molar-refractivity contribution is 5.85. The molecular weight excluding hydrogens is 379 g/mol. The Balaban J connectivity index is 0.00000169. The Kier molecular flexibility index (Phi) is 10.8. The predicted molar refractivity (Wildman–Crippen MR) is 104 cm³/mol. The van der Waals surface area contributed by atoms with Gasteiger partial charge in [-0.1, -0.05) is 12.8 Å². The standard InChI is InChI=1S/C18H30N2O4.2ClH/c21-17(15-3-1-4-15)23-13-11-19-7-9-20(10-8-19)12-14-24-18(22)16-5-2-6-16;;/h15-16H,1-14H2;2*1H. The van der Waals surface area contributed by atoms with Crippen LogP contribution >= 0.6 is 24.8 Å². The number of hydrogen-bond donors (Lipinski definition) is 0. The molecule has 3 fully saturated rings. The second kappa shape index (κ2) is 12.0. The number of ether oxygens (including phenoxy) is 2. The quantitative estimate of drug-likeness (QED) is 0.571. The van der Waals surface area contributed by atoms with Gasteiger partial charge in [0.2, 0.25) is 0 Å². The molecule has 0 aromatic carbocycles. The van der Waals surface area contributed by atoms with Gasteiger partial charge in [0, 0.05) is 39.3 Å². The fourth-order valence-electron chi connectivity index (χ4n) is 3.31. The van der Waals surface area contributed by atoms with Crippen molar-refractivity contribution in [2.24, 2.45) is 11.8 Å². The Morgan fingerprint density at radius 3 is 1.31 bits per heavy atom. The molecule has 0 bridgehead atoms. The summed E-state index contributed by atoms with van der Waals surface area (Å²) in [5, 5.41) is 0. The van der Waals surface area contributed by atoms with E-state index in [1.54, 1.807) is 0 Å². The number of nitrogens with zero attached hydrogens (tertiary/aromatic N) is 2. The van der Waals surface area contributed by atoms with Gasteiger partial charge in [0.25, 0.3) is 0 Å². The Bertz CT molecular complexity index is 397. The van der Waals surface area contributed by atoms with Crippen LogP contribution in [0.15, 0.2) is 0 Å². The van der Waals surface area contributed by atoms with E-state index in [0.717, 1.165) is 77.8 Å². The molecule has 152 valence electrons. The monoisotopic (exact) mass is 410 g/mol. The Morgan fingerprint density at radius 1 is 0.692 bits per heavy atom. The van der Waals surface area contributed by atoms with Crippen LogP contribution in [0.25, 0.3) is 0 Å². The number of rotatable bonds is 8. The summed E-state index contributed by atoms with van der Waals surface area (Å²) in [4.78, 5) is 28.0. The van der Waals surface area contributed by atoms with Crippen LogP contribution in [-0.4, -0.2) is 74.2 Å². The average Bonchev–Trinajstić information content (AvgIpc) is 2.45. The van der Waals surface area contributed by atoms with Crippen LogP contribution in [0.1, 0.15) is 38.5 Å². The summed E-state index contributed by atoms with van der Waals surface area (Å²) in [6, 6.07) is 0. The van der Waals surface area contributed by atoms with E-state index < -0.39 is 0 Å². The SMILES string of the molecule is Cl.Cl.O=C(OCCN1CCN(CCOC(=O)C2CCC2)CC1)C1CCC1. The lowest BCUT2D eigenvalue weighted by Crippen LogP contribution is -2.48. The molecule has 0 radical (unpaired) electrons. The van der Waals surface area contributed by atoms with Gasteiger partial charge in [0.05, 0.1) is 11.8 Å². The molecule has 1 saturated heterocycles. The van der Waals surface area contributed by atoms with Crippen LogP contribution < -0.4 is 0 Å². The lowest BCUT2D eigenvalue weighted by atomic mass is 9.86. The minimum absolute atomic E-state index is 0. The van der Waals surface area contributed by atoms with Crippen molar-refractivity contribution in [2.75, 3.05) is 52.5 Å². The molecule has 0 aromatic heterocycles. The first kappa shape index (κ1) is 23.5. The Labute approximate surface area is 168 Å². The number of esters is 2. The molecule has 0 N–H and O–H groups in total. The first-order valence-electron chi connectivity index (χ1n) is 9.50. The number of carbonyl (C=O) groups excluding carboxylic acids is 2. The van der Waals surface area contributed by atoms with Crippen molar-refractivity contribution in [3.8, 4) is 0 Å². The lowest BCUT2D eigenvalue weighted by Gasteiger charge is -2.34. The van der Waals surface area contributed by atoms with Crippen molar-refractivity contribution in [1.82, 2.24) is 9.80 Å². The maximum absolute atomic E-state index is 11.7. The molecule has 1 aliphatic heterocycles. The van der Waals surface area contributed by atoms with E-state index in [-0.39, 0.29) is 48.6 Å². The number of piperazine rings is 1. The predicted octanol–water partition coefficient (Wildman–Crippen LogP) is 2.13. The molecule has 2 aliphatic carbocycles. The molecule has 2 saturated carbocycles. The molecule has 1 heterocycles. The lowest BCUT2D eigenvalue weighted by molar-refractivity contribution is -0.153. The van der Waals surface area contributed by atoms with E-state index in [9.17, 15) is 9.59 Å². The number of halogens is 2. The highest BCUT2D eigenvalue weighted by atomic mass is 35.5. The Morgan fingerprint density at radius 2 is 1.04 bits per heavy atom. The van der Waals surface area contributed by atoms with Crippen LogP contribution in [0.2, 0.25) is 0 Å². The summed E-state index contributed by atoms with van der Waals surface area (Å²) in [6.45, 7) is 6.60. The Hall–Kier alpha value is -0.560. The second-order valence-electron chi connectivity index (χ2n) is 7.27. The van der Waals surface area contributed by atoms with Crippen LogP contribution in [-0.2, 0) is 19.1 Å². The van der Waals surface area contributed by atoms with Crippen LogP contribution in [0, 0.1) is 11.8 Å². The van der Waals surface area contributed by atoms with E-state index in [4.69, 9.17) is 9.47 Å². The van der Waals surface area contributed by atoms with E-state index in [2.05, 4.69) is 9.80 Å². The van der Waals surface area contributed by atoms with Crippen molar-refractivity contribution in [1.29, 1.82) is 0 Å². The molecule has 0 amide bonds. The zero-order chi connectivity index (χ0) is 16.8. The molecule has 3 aliphatic rings. The third kappa shape index (κ3) is 6.87. The summed E-state index contributed by atoms with van der Waals surface area (Å²) in [5.41, 5.74) is 0. The number of hydrogen-bond acceptors (Lipinski definition) is 6. The van der Waals surface area contributed by atoms with Gasteiger partial charge in [-0.3, -0.25) is 19.4 Å². The van der Waals surface area contributed by atoms with Crippen LogP contribution in [0.3, 0.4) is 0 Å². The molecule has 0 aromatic rings. The number of carbonyl (C=O) groups is 2. The van der Waals surface area contributed by atoms with Crippen molar-refractivity contribution in [2.45, 2.75) is 38.5 Å². The van der Waals surface area contributed by atoms with Gasteiger partial charge in [-0.05, 0) is 25.7 Å². The highest BCUT2D eigenvalue weighted by Gasteiger charge is 2.27. The van der Waals surface area contributed by atoms with Crippen molar-refractivity contribution in [3.05, 3.63) is 0 Å². The summed E-state index contributed by atoms with van der Waals surface area (Å²) in [7, 11) is 0. The fraction of sp³-hybridized carbons (Fsp3) is 0.889. The molecule has 3 rings (SSSR count). The summed E-state index contributed by atoms with van der Waals surface area (Å²) in [5.74, 6) is 0.329. The fourth-order valence-corrected chi connectivity index (χ4v) is 3.31. The smallest absolute Gasteiger partial charge is 0.308 e. The van der Waals surface area contributed by atoms with Gasteiger partial charge in [-0.25, -0.2) is 0 Å². The normalized spacial score (nSPS) is 21.5. The third-order valence-corrected chi connectivity index (χ3v) is 5.65. The van der Waals surface area contributed by atoms with Crippen LogP contribution in [0.4, 0.5) is 0 Å². The first-order valence-corrected chi connectivity index (χ1v) is 9.50. The highest BCUT2D eigenvalue weighted by Crippen LogP contribution is 2.27. The van der Waals surface area contributed by atoms with Gasteiger partial charge < -0.3 is 9.47 Å². The molecule has 0 spiro atoms. The van der Waals surface area contributed by atoms with E-state index in [0.29, 0.717) is 13.2 Å². The minimum atomic E-state index is -0.00633. The van der Waals surface area contributed by atoms with E-state index >= 15 is 0 Å². The van der Waals surface area contributed by atoms with Gasteiger partial charge in [0.15, 0.2) is 0 Å². The molecular formula is C18H32Cl2N2O4. The largest absolute Gasteiger partial charge is 0.464 e. The summed E-state index contributed by atoms with van der Waals surface area (Å²) in [6.07, 6.45) is 6.34. The maximum Gasteiger partial charge on any atom is 0.308 e. The van der Waals surface area contributed by atoms with E-state index in [1.165, 1.54) is 0 Å². The minimum Gasteiger partial charge on any atom is -0.464 e. The first-order chi connectivity index (χ1) is 11.7. The third-order valence-electron chi connectivity index (χ3n) is 5.65. The van der Waals surface area contributed by atoms with E-state index in [1.807, 2.05) is 0 Å². The van der Waals surface area contributed by atoms with Crippen molar-refractivity contribution in [3.63, 3.8) is 0 Å². The maximum atomic E-state index is 11.7.